The lowest BCUT2D eigenvalue weighted by atomic mass is 10.2. The average Bonchev–Trinajstić information content (AvgIpc) is 2.03. The molecule has 0 heterocycles. The molecule has 13 heavy (non-hydrogen) atoms. The molecule has 0 saturated heterocycles. The Morgan fingerprint density at radius 3 is 2.31 bits per heavy atom. The van der Waals surface area contributed by atoms with Crippen LogP contribution >= 0.6 is 0 Å². The molecule has 0 aromatic carbocycles. The van der Waals surface area contributed by atoms with Crippen molar-refractivity contribution in [1.29, 1.82) is 0 Å². The summed E-state index contributed by atoms with van der Waals surface area (Å²) in [5, 5.41) is 3.32. The first-order valence-corrected chi connectivity index (χ1v) is 4.87. The molecule has 78 valence electrons. The first-order chi connectivity index (χ1) is 5.97. The van der Waals surface area contributed by atoms with Gasteiger partial charge in [0.25, 0.3) is 0 Å². The highest BCUT2D eigenvalue weighted by atomic mass is 15.1. The number of likely N-dealkylation sites (N-methyl/N-ethyl adjacent to an activating group) is 1. The van der Waals surface area contributed by atoms with E-state index in [1.54, 1.807) is 7.05 Å². The lowest BCUT2D eigenvalue weighted by Crippen LogP contribution is -2.42. The van der Waals surface area contributed by atoms with Crippen LogP contribution in [-0.2, 0) is 0 Å². The van der Waals surface area contributed by atoms with Crippen LogP contribution in [-0.4, -0.2) is 43.5 Å². The van der Waals surface area contributed by atoms with Crippen molar-refractivity contribution in [3.05, 3.63) is 0 Å². The molecule has 0 aromatic rings. The second kappa shape index (κ2) is 5.97. The number of hydrogen-bond donors (Lipinski definition) is 1. The van der Waals surface area contributed by atoms with Crippen LogP contribution in [0.4, 0.5) is 0 Å². The van der Waals surface area contributed by atoms with Gasteiger partial charge in [0.2, 0.25) is 0 Å². The van der Waals surface area contributed by atoms with Gasteiger partial charge in [0.05, 0.1) is 5.84 Å². The molecular weight excluding hydrogens is 162 g/mol. The molecule has 1 unspecified atom stereocenters. The SMILES string of the molecule is CN=C(C)NC(C)CN(C)C(C)C. The van der Waals surface area contributed by atoms with E-state index >= 15 is 0 Å². The van der Waals surface area contributed by atoms with E-state index in [-0.39, 0.29) is 0 Å². The Labute approximate surface area is 82.2 Å². The van der Waals surface area contributed by atoms with Gasteiger partial charge < -0.3 is 10.2 Å². The zero-order valence-electron chi connectivity index (χ0n) is 9.76. The molecule has 3 nitrogen and oxygen atoms in total. The summed E-state index contributed by atoms with van der Waals surface area (Å²) in [6.45, 7) is 9.62. The Hall–Kier alpha value is -0.570. The van der Waals surface area contributed by atoms with Gasteiger partial charge in [-0.3, -0.25) is 4.99 Å². The number of rotatable bonds is 4. The minimum Gasteiger partial charge on any atom is -0.370 e. The number of hydrogen-bond acceptors (Lipinski definition) is 2. The fourth-order valence-corrected chi connectivity index (χ4v) is 1.11. The standard InChI is InChI=1S/C10H23N3/c1-8(2)13(6)7-9(3)12-10(4)11-5/h8-9H,7H2,1-6H3,(H,11,12). The fourth-order valence-electron chi connectivity index (χ4n) is 1.11. The molecule has 0 saturated carbocycles. The summed E-state index contributed by atoms with van der Waals surface area (Å²) in [4.78, 5) is 6.39. The average molecular weight is 185 g/mol. The van der Waals surface area contributed by atoms with Gasteiger partial charge in [-0.25, -0.2) is 0 Å². The van der Waals surface area contributed by atoms with Crippen molar-refractivity contribution in [2.45, 2.75) is 39.8 Å². The fraction of sp³-hybridized carbons (Fsp3) is 0.900. The Morgan fingerprint density at radius 2 is 1.92 bits per heavy atom. The van der Waals surface area contributed by atoms with Crippen LogP contribution in [0, 0.1) is 0 Å². The molecule has 3 heteroatoms. The van der Waals surface area contributed by atoms with Crippen molar-refractivity contribution >= 4 is 5.84 Å². The molecule has 0 fully saturated rings. The maximum absolute atomic E-state index is 4.07. The van der Waals surface area contributed by atoms with Crippen LogP contribution in [0.15, 0.2) is 4.99 Å². The van der Waals surface area contributed by atoms with Crippen LogP contribution in [0.2, 0.25) is 0 Å². The van der Waals surface area contributed by atoms with Crippen molar-refractivity contribution in [3.8, 4) is 0 Å². The smallest absolute Gasteiger partial charge is 0.0930 e. The maximum Gasteiger partial charge on any atom is 0.0930 e. The van der Waals surface area contributed by atoms with E-state index in [4.69, 9.17) is 0 Å². The number of aliphatic imine (C=N–C) groups is 1. The Morgan fingerprint density at radius 1 is 1.38 bits per heavy atom. The third kappa shape index (κ3) is 5.64. The minimum absolute atomic E-state index is 0.455. The largest absolute Gasteiger partial charge is 0.370 e. The van der Waals surface area contributed by atoms with E-state index in [1.165, 1.54) is 0 Å². The van der Waals surface area contributed by atoms with E-state index in [1.807, 2.05) is 6.92 Å². The molecule has 0 aliphatic rings. The molecule has 0 aliphatic heterocycles. The summed E-state index contributed by atoms with van der Waals surface area (Å²) < 4.78 is 0. The molecule has 0 aromatic heterocycles. The monoisotopic (exact) mass is 185 g/mol. The van der Waals surface area contributed by atoms with E-state index in [9.17, 15) is 0 Å². The van der Waals surface area contributed by atoms with E-state index in [0.717, 1.165) is 12.4 Å². The zero-order chi connectivity index (χ0) is 10.4. The summed E-state index contributed by atoms with van der Waals surface area (Å²) in [6.07, 6.45) is 0. The van der Waals surface area contributed by atoms with Crippen LogP contribution in [0.5, 0.6) is 0 Å². The number of nitrogens with one attached hydrogen (secondary N) is 1. The van der Waals surface area contributed by atoms with Gasteiger partial charge in [0, 0.05) is 25.7 Å². The highest BCUT2D eigenvalue weighted by Crippen LogP contribution is 1.95. The molecule has 1 atom stereocenters. The summed E-state index contributed by atoms with van der Waals surface area (Å²) in [7, 11) is 3.95. The summed E-state index contributed by atoms with van der Waals surface area (Å²) in [5.74, 6) is 1.00. The number of nitrogens with zero attached hydrogens (tertiary/aromatic N) is 2. The van der Waals surface area contributed by atoms with Gasteiger partial charge in [-0.15, -0.1) is 0 Å². The predicted molar refractivity (Wildman–Crippen MR) is 59.4 cm³/mol. The van der Waals surface area contributed by atoms with Crippen molar-refractivity contribution < 1.29 is 0 Å². The van der Waals surface area contributed by atoms with Crippen molar-refractivity contribution in [1.82, 2.24) is 10.2 Å². The molecule has 1 N–H and O–H groups in total. The van der Waals surface area contributed by atoms with Crippen molar-refractivity contribution in [2.75, 3.05) is 20.6 Å². The summed E-state index contributed by atoms with van der Waals surface area (Å²) >= 11 is 0. The Balaban J connectivity index is 3.80. The van der Waals surface area contributed by atoms with Crippen molar-refractivity contribution in [3.63, 3.8) is 0 Å². The van der Waals surface area contributed by atoms with Crippen LogP contribution in [0.3, 0.4) is 0 Å². The van der Waals surface area contributed by atoms with Gasteiger partial charge in [-0.1, -0.05) is 0 Å². The van der Waals surface area contributed by atoms with Gasteiger partial charge in [0.15, 0.2) is 0 Å². The third-order valence-corrected chi connectivity index (χ3v) is 2.23. The highest BCUT2D eigenvalue weighted by Gasteiger charge is 2.08. The molecule has 0 radical (unpaired) electrons. The molecular formula is C10H23N3. The van der Waals surface area contributed by atoms with Gasteiger partial charge in [-0.05, 0) is 34.7 Å². The second-order valence-corrected chi connectivity index (χ2v) is 3.89. The highest BCUT2D eigenvalue weighted by molar-refractivity contribution is 5.79. The summed E-state index contributed by atoms with van der Waals surface area (Å²) in [5.41, 5.74) is 0. The second-order valence-electron chi connectivity index (χ2n) is 3.89. The van der Waals surface area contributed by atoms with Crippen LogP contribution in [0.1, 0.15) is 27.7 Å². The minimum atomic E-state index is 0.455. The molecule has 0 amide bonds. The third-order valence-electron chi connectivity index (χ3n) is 2.23. The quantitative estimate of drug-likeness (QED) is 0.529. The van der Waals surface area contributed by atoms with Crippen molar-refractivity contribution in [2.24, 2.45) is 4.99 Å². The molecule has 0 spiro atoms. The predicted octanol–water partition coefficient (Wildman–Crippen LogP) is 1.35. The van der Waals surface area contributed by atoms with E-state index < -0.39 is 0 Å². The first kappa shape index (κ1) is 12.4. The number of amidine groups is 1. The lowest BCUT2D eigenvalue weighted by molar-refractivity contribution is 0.255. The van der Waals surface area contributed by atoms with Crippen LogP contribution < -0.4 is 5.32 Å². The zero-order valence-corrected chi connectivity index (χ0v) is 9.76. The van der Waals surface area contributed by atoms with Crippen LogP contribution in [0.25, 0.3) is 0 Å². The Kier molecular flexibility index (Phi) is 5.71. The molecule has 0 bridgehead atoms. The Bertz CT molecular complexity index is 164. The van der Waals surface area contributed by atoms with Gasteiger partial charge in [0.1, 0.15) is 0 Å². The first-order valence-electron chi connectivity index (χ1n) is 4.87. The van der Waals surface area contributed by atoms with E-state index in [2.05, 4.69) is 43.0 Å². The molecule has 0 rings (SSSR count). The normalized spacial score (nSPS) is 15.2. The maximum atomic E-state index is 4.07. The topological polar surface area (TPSA) is 27.6 Å². The lowest BCUT2D eigenvalue weighted by Gasteiger charge is -2.25. The molecule has 0 aliphatic carbocycles. The summed E-state index contributed by atoms with van der Waals surface area (Å²) in [6, 6.07) is 1.05. The van der Waals surface area contributed by atoms with E-state index in [0.29, 0.717) is 12.1 Å². The van der Waals surface area contributed by atoms with Gasteiger partial charge >= 0.3 is 0 Å². The van der Waals surface area contributed by atoms with Gasteiger partial charge in [-0.2, -0.15) is 0 Å².